The summed E-state index contributed by atoms with van der Waals surface area (Å²) in [7, 11) is 0. The van der Waals surface area contributed by atoms with Crippen molar-refractivity contribution in [2.75, 3.05) is 6.61 Å². The Balaban J connectivity index is 0.00000400. The van der Waals surface area contributed by atoms with E-state index in [0.717, 1.165) is 24.3 Å². The molecular weight excluding hydrogens is 318 g/mol. The number of carbonyl (C=O) groups is 1. The summed E-state index contributed by atoms with van der Waals surface area (Å²) < 4.78 is 57.6. The summed E-state index contributed by atoms with van der Waals surface area (Å²) >= 11 is 0. The van der Waals surface area contributed by atoms with Gasteiger partial charge in [0.2, 0.25) is 6.17 Å². The first-order valence-corrected chi connectivity index (χ1v) is 5.66. The minimum atomic E-state index is -4.81. The fraction of sp³-hybridized carbons (Fsp3) is 0.417. The Kier molecular flexibility index (Phi) is 7.45. The van der Waals surface area contributed by atoms with Crippen molar-refractivity contribution < 1.29 is 31.8 Å². The van der Waals surface area contributed by atoms with Crippen LogP contribution in [-0.4, -0.2) is 25.1 Å². The standard InChI is InChI=1S/C12H13F4NO3.ClH/c1-2-19-11(18)9(13)10(17)7-3-5-8(6-4-7)20-12(14,15)16;/h3-6,9-10H,2,17H2,1H3;1H/t9?,10-;/m0./s1. The molecule has 4 nitrogen and oxygen atoms in total. The lowest BCUT2D eigenvalue weighted by Crippen LogP contribution is -2.31. The van der Waals surface area contributed by atoms with Crippen LogP contribution >= 0.6 is 12.4 Å². The summed E-state index contributed by atoms with van der Waals surface area (Å²) in [6.45, 7) is 1.52. The number of hydrogen-bond donors (Lipinski definition) is 1. The second kappa shape index (κ2) is 8.04. The molecule has 1 unspecified atom stereocenters. The smallest absolute Gasteiger partial charge is 0.464 e. The van der Waals surface area contributed by atoms with Gasteiger partial charge in [-0.05, 0) is 24.6 Å². The molecule has 2 atom stereocenters. The first-order chi connectivity index (χ1) is 9.24. The van der Waals surface area contributed by atoms with E-state index in [1.807, 2.05) is 0 Å². The molecular formula is C12H14ClF4NO3. The van der Waals surface area contributed by atoms with Crippen LogP contribution in [0, 0.1) is 0 Å². The quantitative estimate of drug-likeness (QED) is 0.665. The second-order valence-corrected chi connectivity index (χ2v) is 3.80. The third kappa shape index (κ3) is 6.17. The Morgan fingerprint density at radius 2 is 1.81 bits per heavy atom. The van der Waals surface area contributed by atoms with Gasteiger partial charge in [-0.15, -0.1) is 25.6 Å². The average molecular weight is 332 g/mol. The van der Waals surface area contributed by atoms with Gasteiger partial charge in [0.15, 0.2) is 0 Å². The summed E-state index contributed by atoms with van der Waals surface area (Å²) in [6.07, 6.45) is -6.90. The zero-order valence-electron chi connectivity index (χ0n) is 10.9. The van der Waals surface area contributed by atoms with Gasteiger partial charge in [0.05, 0.1) is 12.6 Å². The van der Waals surface area contributed by atoms with Crippen molar-refractivity contribution in [2.24, 2.45) is 5.73 Å². The van der Waals surface area contributed by atoms with Crippen LogP contribution in [0.5, 0.6) is 5.75 Å². The second-order valence-electron chi connectivity index (χ2n) is 3.80. The lowest BCUT2D eigenvalue weighted by molar-refractivity contribution is -0.274. The Morgan fingerprint density at radius 3 is 2.24 bits per heavy atom. The van der Waals surface area contributed by atoms with Crippen LogP contribution in [0.3, 0.4) is 0 Å². The van der Waals surface area contributed by atoms with Gasteiger partial charge in [0, 0.05) is 0 Å². The van der Waals surface area contributed by atoms with Crippen molar-refractivity contribution in [3.8, 4) is 5.75 Å². The van der Waals surface area contributed by atoms with Crippen LogP contribution in [0.2, 0.25) is 0 Å². The number of benzene rings is 1. The van der Waals surface area contributed by atoms with Crippen LogP contribution in [0.1, 0.15) is 18.5 Å². The number of nitrogens with two attached hydrogens (primary N) is 1. The van der Waals surface area contributed by atoms with Crippen LogP contribution in [0.4, 0.5) is 17.6 Å². The molecule has 9 heteroatoms. The molecule has 0 aliphatic rings. The predicted molar refractivity (Wildman–Crippen MR) is 68.8 cm³/mol. The molecule has 120 valence electrons. The van der Waals surface area contributed by atoms with Crippen LogP contribution < -0.4 is 10.5 Å². The molecule has 0 saturated heterocycles. The first kappa shape index (κ1) is 19.5. The molecule has 0 heterocycles. The lowest BCUT2D eigenvalue weighted by Gasteiger charge is -2.16. The van der Waals surface area contributed by atoms with Crippen LogP contribution in [0.25, 0.3) is 0 Å². The van der Waals surface area contributed by atoms with Crippen molar-refractivity contribution in [2.45, 2.75) is 25.5 Å². The Labute approximate surface area is 124 Å². The molecule has 21 heavy (non-hydrogen) atoms. The van der Waals surface area contributed by atoms with Gasteiger partial charge >= 0.3 is 12.3 Å². The third-order valence-corrected chi connectivity index (χ3v) is 2.33. The number of rotatable bonds is 5. The van der Waals surface area contributed by atoms with E-state index in [1.165, 1.54) is 6.92 Å². The van der Waals surface area contributed by atoms with E-state index in [9.17, 15) is 22.4 Å². The minimum absolute atomic E-state index is 0. The maximum absolute atomic E-state index is 13.6. The largest absolute Gasteiger partial charge is 0.573 e. The van der Waals surface area contributed by atoms with E-state index in [4.69, 9.17) is 5.73 Å². The monoisotopic (exact) mass is 331 g/mol. The maximum Gasteiger partial charge on any atom is 0.573 e. The van der Waals surface area contributed by atoms with Gasteiger partial charge in [0.25, 0.3) is 0 Å². The van der Waals surface area contributed by atoms with Gasteiger partial charge in [-0.3, -0.25) is 0 Å². The zero-order chi connectivity index (χ0) is 15.3. The molecule has 0 radical (unpaired) electrons. The molecule has 0 aliphatic carbocycles. The molecule has 1 rings (SSSR count). The molecule has 2 N–H and O–H groups in total. The summed E-state index contributed by atoms with van der Waals surface area (Å²) in [5, 5.41) is 0. The van der Waals surface area contributed by atoms with E-state index in [1.54, 1.807) is 0 Å². The molecule has 1 aromatic carbocycles. The molecule has 0 amide bonds. The number of carbonyl (C=O) groups excluding carboxylic acids is 1. The number of alkyl halides is 4. The van der Waals surface area contributed by atoms with Gasteiger partial charge in [-0.2, -0.15) is 0 Å². The van der Waals surface area contributed by atoms with E-state index < -0.39 is 30.3 Å². The summed E-state index contributed by atoms with van der Waals surface area (Å²) in [6, 6.07) is 2.95. The average Bonchev–Trinajstić information content (AvgIpc) is 2.36. The van der Waals surface area contributed by atoms with E-state index in [2.05, 4.69) is 9.47 Å². The molecule has 0 aromatic heterocycles. The molecule has 0 bridgehead atoms. The number of ether oxygens (including phenoxy) is 2. The Bertz CT molecular complexity index is 453. The van der Waals surface area contributed by atoms with Gasteiger partial charge < -0.3 is 15.2 Å². The molecule has 0 aliphatic heterocycles. The maximum atomic E-state index is 13.6. The normalized spacial score (nSPS) is 13.8. The number of halogens is 5. The minimum Gasteiger partial charge on any atom is -0.464 e. The van der Waals surface area contributed by atoms with Crippen LogP contribution in [0.15, 0.2) is 24.3 Å². The zero-order valence-corrected chi connectivity index (χ0v) is 11.7. The SMILES string of the molecule is CCOC(=O)C(F)[C@@H](N)c1ccc(OC(F)(F)F)cc1.Cl. The van der Waals surface area contributed by atoms with Crippen molar-refractivity contribution in [1.29, 1.82) is 0 Å². The van der Waals surface area contributed by atoms with E-state index in [0.29, 0.717) is 0 Å². The predicted octanol–water partition coefficient (Wildman–Crippen LogP) is 2.91. The fourth-order valence-corrected chi connectivity index (χ4v) is 1.43. The molecule has 0 saturated carbocycles. The van der Waals surface area contributed by atoms with Gasteiger partial charge in [0.1, 0.15) is 5.75 Å². The lowest BCUT2D eigenvalue weighted by atomic mass is 10.0. The Morgan fingerprint density at radius 1 is 1.29 bits per heavy atom. The highest BCUT2D eigenvalue weighted by atomic mass is 35.5. The van der Waals surface area contributed by atoms with Gasteiger partial charge in [-0.25, -0.2) is 9.18 Å². The van der Waals surface area contributed by atoms with Crippen molar-refractivity contribution in [3.05, 3.63) is 29.8 Å². The number of esters is 1. The third-order valence-electron chi connectivity index (χ3n) is 2.33. The highest BCUT2D eigenvalue weighted by Gasteiger charge is 2.31. The van der Waals surface area contributed by atoms with Crippen LogP contribution in [-0.2, 0) is 9.53 Å². The topological polar surface area (TPSA) is 61.5 Å². The first-order valence-electron chi connectivity index (χ1n) is 5.66. The van der Waals surface area contributed by atoms with Gasteiger partial charge in [-0.1, -0.05) is 12.1 Å². The summed E-state index contributed by atoms with van der Waals surface area (Å²) in [5.74, 6) is -1.57. The van der Waals surface area contributed by atoms with Crippen molar-refractivity contribution in [1.82, 2.24) is 0 Å². The molecule has 1 aromatic rings. The van der Waals surface area contributed by atoms with Crippen molar-refractivity contribution in [3.63, 3.8) is 0 Å². The highest BCUT2D eigenvalue weighted by molar-refractivity contribution is 5.85. The fourth-order valence-electron chi connectivity index (χ4n) is 1.43. The molecule has 0 spiro atoms. The summed E-state index contributed by atoms with van der Waals surface area (Å²) in [4.78, 5) is 11.2. The van der Waals surface area contributed by atoms with E-state index in [-0.39, 0.29) is 24.6 Å². The highest BCUT2D eigenvalue weighted by Crippen LogP contribution is 2.25. The summed E-state index contributed by atoms with van der Waals surface area (Å²) in [5.41, 5.74) is 5.66. The molecule has 0 fully saturated rings. The van der Waals surface area contributed by atoms with Crippen molar-refractivity contribution >= 4 is 18.4 Å². The number of hydrogen-bond acceptors (Lipinski definition) is 4. The van der Waals surface area contributed by atoms with E-state index >= 15 is 0 Å². The Hall–Kier alpha value is -1.54.